The van der Waals surface area contributed by atoms with Crippen LogP contribution in [0.3, 0.4) is 0 Å². The molecule has 0 radical (unpaired) electrons. The van der Waals surface area contributed by atoms with E-state index in [9.17, 15) is 5.11 Å². The number of nitrogens with zero attached hydrogens (tertiary/aromatic N) is 1. The molecule has 0 saturated carbocycles. The van der Waals surface area contributed by atoms with Crippen molar-refractivity contribution in [2.75, 3.05) is 26.2 Å². The number of nitrogens with one attached hydrogen (secondary N) is 1. The summed E-state index contributed by atoms with van der Waals surface area (Å²) in [6.45, 7) is 11.6. The lowest BCUT2D eigenvalue weighted by Gasteiger charge is -2.40. The van der Waals surface area contributed by atoms with Gasteiger partial charge in [0.1, 0.15) is 0 Å². The fourth-order valence-corrected chi connectivity index (χ4v) is 2.57. The molecule has 0 aliphatic carbocycles. The average molecular weight is 278 g/mol. The van der Waals surface area contributed by atoms with E-state index in [-0.39, 0.29) is 12.1 Å². The van der Waals surface area contributed by atoms with Crippen molar-refractivity contribution >= 4 is 0 Å². The predicted molar refractivity (Wildman–Crippen MR) is 85.9 cm³/mol. The van der Waals surface area contributed by atoms with Gasteiger partial charge in [-0.3, -0.25) is 4.90 Å². The summed E-state index contributed by atoms with van der Waals surface area (Å²) in [6, 6.07) is 10.8. The van der Waals surface area contributed by atoms with Gasteiger partial charge in [0.05, 0.1) is 12.1 Å². The first-order chi connectivity index (χ1) is 9.59. The molecule has 0 amide bonds. The van der Waals surface area contributed by atoms with Crippen molar-refractivity contribution in [2.24, 2.45) is 0 Å². The summed E-state index contributed by atoms with van der Waals surface area (Å²) in [5, 5.41) is 13.7. The van der Waals surface area contributed by atoms with E-state index in [0.29, 0.717) is 6.04 Å². The first-order valence-corrected chi connectivity index (χ1v) is 7.75. The standard InChI is InChI=1S/C17H30N2O/c1-5-12-18-17(14-20,13-19(6-2)15(3)4)16-10-8-7-9-11-16/h7-11,15,18,20H,5-6,12-14H2,1-4H3. The number of aliphatic hydroxyl groups is 1. The summed E-state index contributed by atoms with van der Waals surface area (Å²) in [6.07, 6.45) is 1.06. The molecule has 114 valence electrons. The van der Waals surface area contributed by atoms with Gasteiger partial charge >= 0.3 is 0 Å². The van der Waals surface area contributed by atoms with Crippen molar-refractivity contribution in [2.45, 2.75) is 45.7 Å². The lowest BCUT2D eigenvalue weighted by molar-refractivity contribution is 0.0937. The van der Waals surface area contributed by atoms with Gasteiger partial charge < -0.3 is 10.4 Å². The van der Waals surface area contributed by atoms with Crippen LogP contribution in [0.5, 0.6) is 0 Å². The fourth-order valence-electron chi connectivity index (χ4n) is 2.57. The molecule has 3 heteroatoms. The highest BCUT2D eigenvalue weighted by molar-refractivity contribution is 5.25. The van der Waals surface area contributed by atoms with Crippen molar-refractivity contribution in [1.82, 2.24) is 10.2 Å². The quantitative estimate of drug-likeness (QED) is 0.729. The monoisotopic (exact) mass is 278 g/mol. The zero-order valence-corrected chi connectivity index (χ0v) is 13.4. The molecule has 3 nitrogen and oxygen atoms in total. The van der Waals surface area contributed by atoms with E-state index in [4.69, 9.17) is 0 Å². The van der Waals surface area contributed by atoms with E-state index in [2.05, 4.69) is 50.0 Å². The highest BCUT2D eigenvalue weighted by Crippen LogP contribution is 2.23. The number of hydrogen-bond acceptors (Lipinski definition) is 3. The van der Waals surface area contributed by atoms with Gasteiger partial charge in [0, 0.05) is 12.6 Å². The van der Waals surface area contributed by atoms with E-state index in [1.165, 1.54) is 0 Å². The number of rotatable bonds is 9. The lowest BCUT2D eigenvalue weighted by atomic mass is 9.89. The maximum absolute atomic E-state index is 10.1. The van der Waals surface area contributed by atoms with Gasteiger partial charge in [0.25, 0.3) is 0 Å². The Bertz CT molecular complexity index is 367. The molecule has 1 aromatic carbocycles. The molecule has 0 heterocycles. The summed E-state index contributed by atoms with van der Waals surface area (Å²) in [5.74, 6) is 0. The van der Waals surface area contributed by atoms with E-state index in [1.54, 1.807) is 0 Å². The van der Waals surface area contributed by atoms with Crippen LogP contribution in [0, 0.1) is 0 Å². The van der Waals surface area contributed by atoms with Crippen LogP contribution >= 0.6 is 0 Å². The minimum Gasteiger partial charge on any atom is -0.394 e. The molecule has 1 unspecified atom stereocenters. The molecular formula is C17H30N2O. The average Bonchev–Trinajstić information content (AvgIpc) is 2.48. The minimum absolute atomic E-state index is 0.111. The van der Waals surface area contributed by atoms with Gasteiger partial charge in [0.15, 0.2) is 0 Å². The number of hydrogen-bond donors (Lipinski definition) is 2. The summed E-state index contributed by atoms with van der Waals surface area (Å²) < 4.78 is 0. The molecule has 0 saturated heterocycles. The molecule has 0 fully saturated rings. The van der Waals surface area contributed by atoms with Crippen LogP contribution in [0.15, 0.2) is 30.3 Å². The molecule has 20 heavy (non-hydrogen) atoms. The third-order valence-electron chi connectivity index (χ3n) is 3.92. The molecule has 1 atom stereocenters. The Kier molecular flexibility index (Phi) is 7.20. The Labute approximate surface area is 124 Å². The summed E-state index contributed by atoms with van der Waals surface area (Å²) in [7, 11) is 0. The predicted octanol–water partition coefficient (Wildman–Crippen LogP) is 2.60. The molecule has 0 aromatic heterocycles. The molecule has 0 spiro atoms. The van der Waals surface area contributed by atoms with Crippen LogP contribution in [0.1, 0.15) is 39.7 Å². The fraction of sp³-hybridized carbons (Fsp3) is 0.647. The van der Waals surface area contributed by atoms with Crippen LogP contribution < -0.4 is 5.32 Å². The second kappa shape index (κ2) is 8.40. The van der Waals surface area contributed by atoms with Crippen LogP contribution in [0.25, 0.3) is 0 Å². The van der Waals surface area contributed by atoms with Crippen LogP contribution in [0.2, 0.25) is 0 Å². The van der Waals surface area contributed by atoms with Crippen molar-refractivity contribution < 1.29 is 5.11 Å². The Morgan fingerprint density at radius 2 is 1.85 bits per heavy atom. The van der Waals surface area contributed by atoms with Crippen molar-refractivity contribution in [3.63, 3.8) is 0 Å². The van der Waals surface area contributed by atoms with Gasteiger partial charge in [0.2, 0.25) is 0 Å². The van der Waals surface area contributed by atoms with Crippen molar-refractivity contribution in [1.29, 1.82) is 0 Å². The van der Waals surface area contributed by atoms with E-state index >= 15 is 0 Å². The number of aliphatic hydroxyl groups excluding tert-OH is 1. The molecule has 2 N–H and O–H groups in total. The smallest absolute Gasteiger partial charge is 0.0797 e. The summed E-state index contributed by atoms with van der Waals surface area (Å²) in [4.78, 5) is 2.39. The first-order valence-electron chi connectivity index (χ1n) is 7.75. The third-order valence-corrected chi connectivity index (χ3v) is 3.92. The molecule has 1 rings (SSSR count). The van der Waals surface area contributed by atoms with Crippen LogP contribution in [0.4, 0.5) is 0 Å². The Balaban J connectivity index is 3.05. The van der Waals surface area contributed by atoms with E-state index in [1.807, 2.05) is 18.2 Å². The largest absolute Gasteiger partial charge is 0.394 e. The Morgan fingerprint density at radius 1 is 1.20 bits per heavy atom. The Hall–Kier alpha value is -0.900. The van der Waals surface area contributed by atoms with Crippen LogP contribution in [-0.2, 0) is 5.54 Å². The first kappa shape index (κ1) is 17.2. The second-order valence-corrected chi connectivity index (χ2v) is 5.69. The highest BCUT2D eigenvalue weighted by atomic mass is 16.3. The third kappa shape index (κ3) is 4.30. The number of likely N-dealkylation sites (N-methyl/N-ethyl adjacent to an activating group) is 1. The molecule has 1 aromatic rings. The topological polar surface area (TPSA) is 35.5 Å². The number of benzene rings is 1. The zero-order valence-electron chi connectivity index (χ0n) is 13.4. The SMILES string of the molecule is CCCNC(CO)(CN(CC)C(C)C)c1ccccc1. The molecule has 0 aliphatic heterocycles. The molecular weight excluding hydrogens is 248 g/mol. The minimum atomic E-state index is -0.377. The van der Waals surface area contributed by atoms with Gasteiger partial charge in [-0.15, -0.1) is 0 Å². The maximum atomic E-state index is 10.1. The summed E-state index contributed by atoms with van der Waals surface area (Å²) >= 11 is 0. The van der Waals surface area contributed by atoms with Gasteiger partial charge in [-0.2, -0.15) is 0 Å². The normalized spacial score (nSPS) is 14.8. The summed E-state index contributed by atoms with van der Waals surface area (Å²) in [5.41, 5.74) is 0.785. The second-order valence-electron chi connectivity index (χ2n) is 5.69. The van der Waals surface area contributed by atoms with E-state index in [0.717, 1.165) is 31.6 Å². The maximum Gasteiger partial charge on any atom is 0.0797 e. The van der Waals surface area contributed by atoms with E-state index < -0.39 is 0 Å². The molecule has 0 aliphatic rings. The van der Waals surface area contributed by atoms with Gasteiger partial charge in [-0.25, -0.2) is 0 Å². The van der Waals surface area contributed by atoms with Crippen molar-refractivity contribution in [3.8, 4) is 0 Å². The van der Waals surface area contributed by atoms with Crippen molar-refractivity contribution in [3.05, 3.63) is 35.9 Å². The molecule has 0 bridgehead atoms. The van der Waals surface area contributed by atoms with Crippen LogP contribution in [-0.4, -0.2) is 42.3 Å². The zero-order chi connectivity index (χ0) is 15.0. The highest BCUT2D eigenvalue weighted by Gasteiger charge is 2.33. The van der Waals surface area contributed by atoms with Gasteiger partial charge in [-0.1, -0.05) is 44.2 Å². The Morgan fingerprint density at radius 3 is 2.30 bits per heavy atom. The van der Waals surface area contributed by atoms with Gasteiger partial charge in [-0.05, 0) is 38.9 Å². The lowest BCUT2D eigenvalue weighted by Crippen LogP contribution is -2.55.